The summed E-state index contributed by atoms with van der Waals surface area (Å²) in [5.41, 5.74) is 9.40. The monoisotopic (exact) mass is 451 g/mol. The number of hydrogen-bond acceptors (Lipinski definition) is 5. The maximum Gasteiger partial charge on any atom is 0.254 e. The number of nitrogens with two attached hydrogens (primary N) is 1. The molecule has 1 aliphatic rings. The Labute approximate surface area is 192 Å². The van der Waals surface area contributed by atoms with Gasteiger partial charge in [-0.15, -0.1) is 11.8 Å². The van der Waals surface area contributed by atoms with Gasteiger partial charge in [-0.1, -0.05) is 12.1 Å². The van der Waals surface area contributed by atoms with Crippen LogP contribution in [0.4, 0.5) is 15.8 Å². The summed E-state index contributed by atoms with van der Waals surface area (Å²) >= 11 is 1.53. The van der Waals surface area contributed by atoms with Crippen LogP contribution in [0.1, 0.15) is 15.9 Å². The lowest BCUT2D eigenvalue weighted by Gasteiger charge is -2.36. The van der Waals surface area contributed by atoms with Gasteiger partial charge in [0.15, 0.2) is 0 Å². The number of anilines is 2. The number of nitrogen functional groups attached to an aromatic ring is 1. The van der Waals surface area contributed by atoms with Crippen LogP contribution in [0.3, 0.4) is 0 Å². The van der Waals surface area contributed by atoms with E-state index in [-0.39, 0.29) is 11.7 Å². The third-order valence-electron chi connectivity index (χ3n) is 5.54. The van der Waals surface area contributed by atoms with Crippen LogP contribution in [0.2, 0.25) is 0 Å². The van der Waals surface area contributed by atoms with E-state index >= 15 is 0 Å². The zero-order chi connectivity index (χ0) is 22.5. The molecule has 1 saturated heterocycles. The number of ether oxygens (including phenoxy) is 1. The van der Waals surface area contributed by atoms with E-state index in [1.807, 2.05) is 47.4 Å². The van der Waals surface area contributed by atoms with Crippen molar-refractivity contribution in [3.05, 3.63) is 83.7 Å². The van der Waals surface area contributed by atoms with Gasteiger partial charge in [0, 0.05) is 53.8 Å². The van der Waals surface area contributed by atoms with Crippen molar-refractivity contribution < 1.29 is 13.9 Å². The summed E-state index contributed by atoms with van der Waals surface area (Å²) in [7, 11) is 1.65. The second-order valence-corrected chi connectivity index (χ2v) is 8.67. The van der Waals surface area contributed by atoms with Crippen molar-refractivity contribution in [2.24, 2.45) is 0 Å². The molecular weight excluding hydrogens is 425 g/mol. The molecule has 2 N–H and O–H groups in total. The predicted molar refractivity (Wildman–Crippen MR) is 128 cm³/mol. The fourth-order valence-electron chi connectivity index (χ4n) is 3.74. The number of halogens is 1. The van der Waals surface area contributed by atoms with E-state index in [4.69, 9.17) is 10.5 Å². The van der Waals surface area contributed by atoms with E-state index < -0.39 is 0 Å². The van der Waals surface area contributed by atoms with E-state index in [9.17, 15) is 9.18 Å². The van der Waals surface area contributed by atoms with Gasteiger partial charge in [-0.2, -0.15) is 0 Å². The van der Waals surface area contributed by atoms with Crippen molar-refractivity contribution in [3.8, 4) is 5.75 Å². The molecular formula is C25H26FN3O2S. The first-order valence-electron chi connectivity index (χ1n) is 10.5. The summed E-state index contributed by atoms with van der Waals surface area (Å²) in [6, 6.07) is 19.9. The quantitative estimate of drug-likeness (QED) is 0.436. The lowest BCUT2D eigenvalue weighted by Crippen LogP contribution is -2.48. The van der Waals surface area contributed by atoms with Crippen LogP contribution >= 0.6 is 11.8 Å². The molecule has 0 spiro atoms. The van der Waals surface area contributed by atoms with Crippen LogP contribution in [-0.2, 0) is 5.75 Å². The molecule has 32 heavy (non-hydrogen) atoms. The summed E-state index contributed by atoms with van der Waals surface area (Å²) in [5.74, 6) is 1.19. The van der Waals surface area contributed by atoms with Crippen molar-refractivity contribution >= 4 is 29.0 Å². The van der Waals surface area contributed by atoms with Crippen molar-refractivity contribution in [1.82, 2.24) is 4.90 Å². The molecule has 0 bridgehead atoms. The highest BCUT2D eigenvalue weighted by atomic mass is 32.2. The van der Waals surface area contributed by atoms with Crippen LogP contribution in [0.5, 0.6) is 5.75 Å². The number of methoxy groups -OCH3 is 1. The molecule has 7 heteroatoms. The van der Waals surface area contributed by atoms with E-state index in [1.54, 1.807) is 19.2 Å². The average Bonchev–Trinajstić information content (AvgIpc) is 2.83. The molecule has 1 aliphatic heterocycles. The number of hydrogen-bond donors (Lipinski definition) is 1. The van der Waals surface area contributed by atoms with Crippen LogP contribution in [-0.4, -0.2) is 44.1 Å². The first-order chi connectivity index (χ1) is 15.5. The maximum atomic E-state index is 13.4. The zero-order valence-corrected chi connectivity index (χ0v) is 18.8. The van der Waals surface area contributed by atoms with Crippen molar-refractivity contribution in [2.45, 2.75) is 10.6 Å². The fraction of sp³-hybridized carbons (Fsp3) is 0.240. The lowest BCUT2D eigenvalue weighted by atomic mass is 10.1. The molecule has 3 aromatic carbocycles. The van der Waals surface area contributed by atoms with Gasteiger partial charge in [0.2, 0.25) is 0 Å². The molecule has 5 nitrogen and oxygen atoms in total. The molecule has 1 fully saturated rings. The second-order valence-electron chi connectivity index (χ2n) is 7.65. The van der Waals surface area contributed by atoms with Gasteiger partial charge in [0.1, 0.15) is 11.6 Å². The van der Waals surface area contributed by atoms with Crippen LogP contribution in [0.25, 0.3) is 0 Å². The van der Waals surface area contributed by atoms with Crippen molar-refractivity contribution in [2.75, 3.05) is 43.9 Å². The molecule has 1 heterocycles. The third-order valence-corrected chi connectivity index (χ3v) is 6.71. The third kappa shape index (κ3) is 5.16. The summed E-state index contributed by atoms with van der Waals surface area (Å²) in [4.78, 5) is 18.0. The predicted octanol–water partition coefficient (Wildman–Crippen LogP) is 4.67. The minimum absolute atomic E-state index is 0.00670. The molecule has 0 aliphatic carbocycles. The van der Waals surface area contributed by atoms with Crippen LogP contribution < -0.4 is 15.4 Å². The Morgan fingerprint density at radius 2 is 1.78 bits per heavy atom. The Hall–Kier alpha value is -3.19. The largest absolute Gasteiger partial charge is 0.497 e. The first-order valence-corrected chi connectivity index (χ1v) is 11.5. The Bertz CT molecular complexity index is 1080. The highest BCUT2D eigenvalue weighted by molar-refractivity contribution is 7.98. The highest BCUT2D eigenvalue weighted by Gasteiger charge is 2.23. The SMILES string of the molecule is COc1ccc(N2CCN(C(=O)c3ccc(SCc4cccc(F)c4)c(N)c3)CC2)cc1. The highest BCUT2D eigenvalue weighted by Crippen LogP contribution is 2.30. The molecule has 0 radical (unpaired) electrons. The molecule has 1 amide bonds. The Morgan fingerprint density at radius 3 is 2.44 bits per heavy atom. The summed E-state index contributed by atoms with van der Waals surface area (Å²) in [6.45, 7) is 2.85. The summed E-state index contributed by atoms with van der Waals surface area (Å²) < 4.78 is 18.6. The summed E-state index contributed by atoms with van der Waals surface area (Å²) in [6.07, 6.45) is 0. The number of carbonyl (C=O) groups is 1. The van der Waals surface area contributed by atoms with Crippen molar-refractivity contribution in [3.63, 3.8) is 0 Å². The molecule has 0 saturated carbocycles. The lowest BCUT2D eigenvalue weighted by molar-refractivity contribution is 0.0747. The maximum absolute atomic E-state index is 13.4. The Balaban J connectivity index is 1.34. The van der Waals surface area contributed by atoms with Gasteiger partial charge in [-0.05, 0) is 60.2 Å². The molecule has 0 unspecified atom stereocenters. The summed E-state index contributed by atoms with van der Waals surface area (Å²) in [5, 5.41) is 0. The number of nitrogens with zero attached hydrogens (tertiary/aromatic N) is 2. The number of amides is 1. The molecule has 166 valence electrons. The number of carbonyl (C=O) groups excluding carboxylic acids is 1. The van der Waals surface area contributed by atoms with E-state index in [0.717, 1.165) is 35.0 Å². The number of benzene rings is 3. The molecule has 0 atom stereocenters. The fourth-order valence-corrected chi connectivity index (χ4v) is 4.64. The Morgan fingerprint density at radius 1 is 1.03 bits per heavy atom. The van der Waals surface area contributed by atoms with E-state index in [2.05, 4.69) is 4.90 Å². The topological polar surface area (TPSA) is 58.8 Å². The first kappa shape index (κ1) is 22.0. The standard InChI is InChI=1S/C25H26FN3O2S/c1-31-22-8-6-21(7-9-22)28-11-13-29(14-12-28)25(30)19-5-10-24(23(27)16-19)32-17-18-3-2-4-20(26)15-18/h2-10,15-16H,11-14,17,27H2,1H3. The molecule has 3 aromatic rings. The zero-order valence-electron chi connectivity index (χ0n) is 18.0. The average molecular weight is 452 g/mol. The normalized spacial score (nSPS) is 13.8. The minimum Gasteiger partial charge on any atom is -0.497 e. The number of thioether (sulfide) groups is 1. The molecule has 4 rings (SSSR count). The van der Waals surface area contributed by atoms with Gasteiger partial charge in [0.25, 0.3) is 5.91 Å². The van der Waals surface area contributed by atoms with Gasteiger partial charge < -0.3 is 20.3 Å². The van der Waals surface area contributed by atoms with Gasteiger partial charge in [0.05, 0.1) is 7.11 Å². The van der Waals surface area contributed by atoms with Crippen LogP contribution in [0.15, 0.2) is 71.6 Å². The van der Waals surface area contributed by atoms with Gasteiger partial charge >= 0.3 is 0 Å². The van der Waals surface area contributed by atoms with Gasteiger partial charge in [-0.25, -0.2) is 4.39 Å². The Kier molecular flexibility index (Phi) is 6.85. The van der Waals surface area contributed by atoms with Crippen LogP contribution in [0, 0.1) is 5.82 Å². The van der Waals surface area contributed by atoms with Crippen molar-refractivity contribution in [1.29, 1.82) is 0 Å². The minimum atomic E-state index is -0.246. The second kappa shape index (κ2) is 9.96. The van der Waals surface area contributed by atoms with E-state index in [0.29, 0.717) is 30.1 Å². The molecule has 0 aromatic heterocycles. The number of rotatable bonds is 6. The number of piperazine rings is 1. The smallest absolute Gasteiger partial charge is 0.254 e. The van der Waals surface area contributed by atoms with E-state index in [1.165, 1.54) is 23.9 Å². The van der Waals surface area contributed by atoms with Gasteiger partial charge in [-0.3, -0.25) is 4.79 Å².